The van der Waals surface area contributed by atoms with Crippen LogP contribution in [0.4, 0.5) is 28.0 Å². The molecule has 0 aliphatic carbocycles. The molecule has 0 radical (unpaired) electrons. The van der Waals surface area contributed by atoms with Crippen molar-refractivity contribution in [1.29, 1.82) is 0 Å². The Morgan fingerprint density at radius 3 is 2.36 bits per heavy atom. The van der Waals surface area contributed by atoms with Gasteiger partial charge in [0.05, 0.1) is 6.20 Å². The van der Waals surface area contributed by atoms with Gasteiger partial charge in [-0.2, -0.15) is 0 Å². The van der Waals surface area contributed by atoms with Crippen molar-refractivity contribution in [3.8, 4) is 0 Å². The number of pyridine rings is 1. The summed E-state index contributed by atoms with van der Waals surface area (Å²) in [5, 5.41) is 6.19. The Kier molecular flexibility index (Phi) is 10.0. The minimum absolute atomic E-state index is 0.148. The maximum atomic E-state index is 15.1. The summed E-state index contributed by atoms with van der Waals surface area (Å²) in [4.78, 5) is 32.2. The van der Waals surface area contributed by atoms with Crippen LogP contribution in [0.1, 0.15) is 41.0 Å². The molecule has 2 amide bonds. The molecule has 0 unspecified atom stereocenters. The molecule has 0 saturated carbocycles. The van der Waals surface area contributed by atoms with Crippen LogP contribution in [0.2, 0.25) is 0 Å². The number of piperazine rings is 1. The van der Waals surface area contributed by atoms with E-state index in [1.165, 1.54) is 30.5 Å². The highest BCUT2D eigenvalue weighted by molar-refractivity contribution is 5.89. The molecule has 44 heavy (non-hydrogen) atoms. The molecule has 228 valence electrons. The number of halogens is 4. The number of Topliss-reactive ketones (excluding diaryl/α,β-unsaturated/α-hetero) is 1. The van der Waals surface area contributed by atoms with E-state index in [1.54, 1.807) is 17.0 Å². The number of amides is 2. The van der Waals surface area contributed by atoms with E-state index < -0.39 is 29.2 Å². The van der Waals surface area contributed by atoms with Crippen molar-refractivity contribution < 1.29 is 27.2 Å². The van der Waals surface area contributed by atoms with Crippen LogP contribution >= 0.6 is 0 Å². The van der Waals surface area contributed by atoms with Gasteiger partial charge in [-0.15, -0.1) is 0 Å². The number of anilines is 1. The third-order valence-electron chi connectivity index (χ3n) is 7.84. The first-order valence-electron chi connectivity index (χ1n) is 14.4. The van der Waals surface area contributed by atoms with E-state index in [0.29, 0.717) is 48.4 Å². The lowest BCUT2D eigenvalue weighted by molar-refractivity contribution is -0.118. The molecule has 3 aromatic carbocycles. The molecule has 1 aliphatic heterocycles. The van der Waals surface area contributed by atoms with Crippen molar-refractivity contribution in [1.82, 2.24) is 15.2 Å². The number of carbonyl (C=O) groups excluding carboxylic acids is 2. The van der Waals surface area contributed by atoms with E-state index >= 15 is 4.39 Å². The Morgan fingerprint density at radius 1 is 0.909 bits per heavy atom. The highest BCUT2D eigenvalue weighted by Gasteiger charge is 2.28. The second-order valence-electron chi connectivity index (χ2n) is 10.9. The topological polar surface area (TPSA) is 74.3 Å². The summed E-state index contributed by atoms with van der Waals surface area (Å²) in [5.41, 5.74) is 2.16. The Labute approximate surface area is 253 Å². The highest BCUT2D eigenvalue weighted by Crippen LogP contribution is 2.31. The van der Waals surface area contributed by atoms with Gasteiger partial charge in [-0.05, 0) is 71.5 Å². The zero-order valence-corrected chi connectivity index (χ0v) is 23.9. The van der Waals surface area contributed by atoms with Gasteiger partial charge in [0.25, 0.3) is 0 Å². The van der Waals surface area contributed by atoms with Crippen LogP contribution in [0.15, 0.2) is 85.2 Å². The van der Waals surface area contributed by atoms with Gasteiger partial charge in [0, 0.05) is 62.4 Å². The number of rotatable bonds is 10. The van der Waals surface area contributed by atoms with Crippen LogP contribution in [-0.2, 0) is 17.6 Å². The highest BCUT2D eigenvalue weighted by atomic mass is 19.1. The SMILES string of the molecule is O=C(Cc1cncc(F)c1CC[C@H]1CNCCN1C(=O)Nc1ccccc1)C[C@@H](c1ccc(F)cc1)c1cc(F)cc(F)c1. The molecule has 10 heteroatoms. The number of ketones is 1. The summed E-state index contributed by atoms with van der Waals surface area (Å²) in [5.74, 6) is -3.67. The normalized spacial score (nSPS) is 15.5. The lowest BCUT2D eigenvalue weighted by Crippen LogP contribution is -2.55. The van der Waals surface area contributed by atoms with Crippen molar-refractivity contribution in [2.24, 2.45) is 0 Å². The summed E-state index contributed by atoms with van der Waals surface area (Å²) in [6, 6.07) is 17.1. The average molecular weight is 605 g/mol. The summed E-state index contributed by atoms with van der Waals surface area (Å²) in [6.45, 7) is 1.65. The number of para-hydroxylation sites is 1. The summed E-state index contributed by atoms with van der Waals surface area (Å²) in [6.07, 6.45) is 2.94. The Bertz CT molecular complexity index is 1580. The fourth-order valence-corrected chi connectivity index (χ4v) is 5.66. The van der Waals surface area contributed by atoms with Gasteiger partial charge < -0.3 is 15.5 Å². The van der Waals surface area contributed by atoms with E-state index in [4.69, 9.17) is 0 Å². The number of hydrogen-bond donors (Lipinski definition) is 2. The minimum atomic E-state index is -0.792. The first-order chi connectivity index (χ1) is 21.3. The van der Waals surface area contributed by atoms with Gasteiger partial charge in [0.2, 0.25) is 0 Å². The molecule has 0 spiro atoms. The molecule has 0 bridgehead atoms. The van der Waals surface area contributed by atoms with Gasteiger partial charge in [-0.1, -0.05) is 30.3 Å². The Hall–Kier alpha value is -4.57. The van der Waals surface area contributed by atoms with Crippen LogP contribution in [0, 0.1) is 23.3 Å². The molecular weight excluding hydrogens is 572 g/mol. The van der Waals surface area contributed by atoms with E-state index in [9.17, 15) is 22.8 Å². The molecule has 4 aromatic rings. The Morgan fingerprint density at radius 2 is 1.64 bits per heavy atom. The van der Waals surface area contributed by atoms with Gasteiger partial charge in [-0.3, -0.25) is 9.78 Å². The van der Waals surface area contributed by atoms with Crippen molar-refractivity contribution in [3.63, 3.8) is 0 Å². The smallest absolute Gasteiger partial charge is 0.319 e. The largest absolute Gasteiger partial charge is 0.322 e. The molecule has 1 fully saturated rings. The lowest BCUT2D eigenvalue weighted by atomic mass is 9.85. The zero-order valence-electron chi connectivity index (χ0n) is 23.9. The van der Waals surface area contributed by atoms with Gasteiger partial charge in [-0.25, -0.2) is 22.4 Å². The molecular formula is C34H32F4N4O2. The summed E-state index contributed by atoms with van der Waals surface area (Å²) >= 11 is 0. The van der Waals surface area contributed by atoms with Gasteiger partial charge in [0.15, 0.2) is 0 Å². The second kappa shape index (κ2) is 14.3. The Balaban J connectivity index is 1.30. The fraction of sp³-hybridized carbons (Fsp3) is 0.265. The quantitative estimate of drug-likeness (QED) is 0.205. The number of urea groups is 1. The van der Waals surface area contributed by atoms with Crippen LogP contribution in [0.3, 0.4) is 0 Å². The number of nitrogens with one attached hydrogen (secondary N) is 2. The molecule has 6 nitrogen and oxygen atoms in total. The van der Waals surface area contributed by atoms with Crippen LogP contribution < -0.4 is 10.6 Å². The molecule has 1 aliphatic rings. The van der Waals surface area contributed by atoms with Crippen molar-refractivity contribution in [2.75, 3.05) is 25.0 Å². The van der Waals surface area contributed by atoms with Gasteiger partial charge >= 0.3 is 6.03 Å². The number of nitrogens with zero attached hydrogens (tertiary/aromatic N) is 2. The number of aromatic nitrogens is 1. The third kappa shape index (κ3) is 7.87. The second-order valence-corrected chi connectivity index (χ2v) is 10.9. The number of hydrogen-bond acceptors (Lipinski definition) is 4. The maximum Gasteiger partial charge on any atom is 0.322 e. The van der Waals surface area contributed by atoms with Crippen molar-refractivity contribution in [3.05, 3.63) is 131 Å². The maximum absolute atomic E-state index is 15.1. The van der Waals surface area contributed by atoms with Crippen LogP contribution in [-0.4, -0.2) is 47.4 Å². The fourth-order valence-electron chi connectivity index (χ4n) is 5.66. The monoisotopic (exact) mass is 604 g/mol. The van der Waals surface area contributed by atoms with E-state index in [2.05, 4.69) is 15.6 Å². The first-order valence-corrected chi connectivity index (χ1v) is 14.4. The van der Waals surface area contributed by atoms with E-state index in [-0.39, 0.29) is 42.7 Å². The molecule has 5 rings (SSSR count). The van der Waals surface area contributed by atoms with Crippen LogP contribution in [0.25, 0.3) is 0 Å². The van der Waals surface area contributed by atoms with Gasteiger partial charge in [0.1, 0.15) is 29.1 Å². The average Bonchev–Trinajstić information content (AvgIpc) is 3.00. The van der Waals surface area contributed by atoms with Crippen molar-refractivity contribution >= 4 is 17.5 Å². The van der Waals surface area contributed by atoms with Crippen LogP contribution in [0.5, 0.6) is 0 Å². The summed E-state index contributed by atoms with van der Waals surface area (Å²) in [7, 11) is 0. The standard InChI is InChI=1S/C34H32F4N4O2/c35-25-8-6-22(7-9-25)32(23-14-26(36)17-27(37)15-23)18-30(43)16-24-19-40-21-33(38)31(24)11-10-29-20-39-12-13-42(29)34(44)41-28-4-2-1-3-5-28/h1-9,14-15,17,19,21,29,32,39H,10-13,16,18,20H2,(H,41,44)/t29-,32-/m0/s1. The summed E-state index contributed by atoms with van der Waals surface area (Å²) < 4.78 is 57.0. The lowest BCUT2D eigenvalue weighted by Gasteiger charge is -2.36. The van der Waals surface area contributed by atoms with E-state index in [0.717, 1.165) is 24.4 Å². The van der Waals surface area contributed by atoms with E-state index in [1.807, 2.05) is 18.2 Å². The third-order valence-corrected chi connectivity index (χ3v) is 7.84. The van der Waals surface area contributed by atoms with Crippen molar-refractivity contribution in [2.45, 2.75) is 37.6 Å². The number of carbonyl (C=O) groups is 2. The zero-order chi connectivity index (χ0) is 31.1. The predicted molar refractivity (Wildman–Crippen MR) is 159 cm³/mol. The molecule has 2 atom stereocenters. The molecule has 2 heterocycles. The molecule has 1 aromatic heterocycles. The molecule has 1 saturated heterocycles. The number of benzene rings is 3. The first kappa shape index (κ1) is 30.9. The molecule has 2 N–H and O–H groups in total. The minimum Gasteiger partial charge on any atom is -0.319 e. The predicted octanol–water partition coefficient (Wildman–Crippen LogP) is 6.41.